The lowest BCUT2D eigenvalue weighted by Crippen LogP contribution is -2.53. The molecule has 34 heavy (non-hydrogen) atoms. The lowest BCUT2D eigenvalue weighted by molar-refractivity contribution is -0.132. The molecule has 0 radical (unpaired) electrons. The normalized spacial score (nSPS) is 17.9. The summed E-state index contributed by atoms with van der Waals surface area (Å²) < 4.78 is 6.07. The number of nitrogens with zero attached hydrogens (tertiary/aromatic N) is 2. The van der Waals surface area contributed by atoms with Crippen LogP contribution >= 0.6 is 0 Å². The number of hydrogen-bond acceptors (Lipinski definition) is 4. The van der Waals surface area contributed by atoms with E-state index in [9.17, 15) is 14.4 Å². The molecule has 1 fully saturated rings. The van der Waals surface area contributed by atoms with Gasteiger partial charge in [-0.05, 0) is 78.5 Å². The van der Waals surface area contributed by atoms with Crippen LogP contribution in [0.1, 0.15) is 95.5 Å². The average molecular weight is 472 g/mol. The molecule has 0 spiro atoms. The molecule has 3 rings (SSSR count). The van der Waals surface area contributed by atoms with Crippen molar-refractivity contribution in [3.8, 4) is 5.75 Å². The summed E-state index contributed by atoms with van der Waals surface area (Å²) in [6.07, 6.45) is 6.49. The van der Waals surface area contributed by atoms with E-state index in [-0.39, 0.29) is 29.8 Å². The minimum atomic E-state index is -1.01. The van der Waals surface area contributed by atoms with E-state index in [1.54, 1.807) is 18.7 Å². The van der Waals surface area contributed by atoms with Crippen molar-refractivity contribution in [1.29, 1.82) is 0 Å². The fraction of sp³-hybridized carbons (Fsp3) is 0.667. The highest BCUT2D eigenvalue weighted by molar-refractivity contribution is 6.05. The summed E-state index contributed by atoms with van der Waals surface area (Å²) in [6.45, 7) is 12.5. The van der Waals surface area contributed by atoms with Crippen LogP contribution in [0.4, 0.5) is 5.69 Å². The van der Waals surface area contributed by atoms with Crippen LogP contribution in [-0.2, 0) is 9.59 Å². The standard InChI is InChI=1S/C27H41N3O4/c1-7-28-24(31)14-11-15-29-22-17-21(19(4)16-23(22)34-27(5,6)26(29)33)25(32)30(18(2)3)20-12-9-8-10-13-20/h16-18,20H,7-15H2,1-6H3,(H,28,31). The monoisotopic (exact) mass is 471 g/mol. The van der Waals surface area contributed by atoms with E-state index in [2.05, 4.69) is 19.2 Å². The number of amides is 3. The van der Waals surface area contributed by atoms with E-state index in [0.717, 1.165) is 31.2 Å². The Morgan fingerprint density at radius 1 is 1.21 bits per heavy atom. The first-order valence-electron chi connectivity index (χ1n) is 12.8. The summed E-state index contributed by atoms with van der Waals surface area (Å²) in [5.41, 5.74) is 1.06. The Labute approximate surface area is 204 Å². The maximum Gasteiger partial charge on any atom is 0.270 e. The third-order valence-electron chi connectivity index (χ3n) is 6.87. The molecule has 7 nitrogen and oxygen atoms in total. The molecule has 1 aromatic carbocycles. The molecule has 0 atom stereocenters. The summed E-state index contributed by atoms with van der Waals surface area (Å²) in [5, 5.41) is 2.80. The van der Waals surface area contributed by atoms with Crippen LogP contribution in [-0.4, -0.2) is 53.4 Å². The first kappa shape index (κ1) is 26.0. The Balaban J connectivity index is 1.93. The quantitative estimate of drug-likeness (QED) is 0.601. The Morgan fingerprint density at radius 3 is 2.50 bits per heavy atom. The molecule has 3 amide bonds. The van der Waals surface area contributed by atoms with Crippen LogP contribution in [0.5, 0.6) is 5.75 Å². The number of hydrogen-bond donors (Lipinski definition) is 1. The van der Waals surface area contributed by atoms with E-state index in [4.69, 9.17) is 4.74 Å². The van der Waals surface area contributed by atoms with Crippen LogP contribution < -0.4 is 15.0 Å². The second kappa shape index (κ2) is 10.8. The Hall–Kier alpha value is -2.57. The molecule has 0 aromatic heterocycles. The fourth-order valence-corrected chi connectivity index (χ4v) is 5.17. The van der Waals surface area contributed by atoms with Crippen LogP contribution in [0.25, 0.3) is 0 Å². The number of fused-ring (bicyclic) bond motifs is 1. The van der Waals surface area contributed by atoms with Gasteiger partial charge in [-0.2, -0.15) is 0 Å². The lowest BCUT2D eigenvalue weighted by Gasteiger charge is -2.40. The molecule has 188 valence electrons. The number of benzene rings is 1. The molecular weight excluding hydrogens is 430 g/mol. The van der Waals surface area contributed by atoms with E-state index in [1.807, 2.05) is 30.9 Å². The van der Waals surface area contributed by atoms with E-state index < -0.39 is 5.60 Å². The van der Waals surface area contributed by atoms with Gasteiger partial charge in [-0.1, -0.05) is 19.3 Å². The number of carbonyl (C=O) groups excluding carboxylic acids is 3. The SMILES string of the molecule is CCNC(=O)CCCN1C(=O)C(C)(C)Oc2cc(C)c(C(=O)N(C(C)C)C3CCCCC3)cc21. The molecule has 1 heterocycles. The van der Waals surface area contributed by atoms with Crippen molar-refractivity contribution in [3.63, 3.8) is 0 Å². The number of nitrogens with one attached hydrogen (secondary N) is 1. The van der Waals surface area contributed by atoms with Crippen molar-refractivity contribution < 1.29 is 19.1 Å². The number of anilines is 1. The van der Waals surface area contributed by atoms with Gasteiger partial charge in [0.25, 0.3) is 11.8 Å². The van der Waals surface area contributed by atoms with Gasteiger partial charge in [-0.3, -0.25) is 14.4 Å². The van der Waals surface area contributed by atoms with E-state index >= 15 is 0 Å². The number of ether oxygens (including phenoxy) is 1. The topological polar surface area (TPSA) is 79.0 Å². The molecule has 1 aromatic rings. The van der Waals surface area contributed by atoms with Crippen molar-refractivity contribution in [2.24, 2.45) is 0 Å². The predicted octanol–water partition coefficient (Wildman–Crippen LogP) is 4.60. The highest BCUT2D eigenvalue weighted by Crippen LogP contribution is 2.40. The third kappa shape index (κ3) is 5.56. The van der Waals surface area contributed by atoms with Gasteiger partial charge in [-0.25, -0.2) is 0 Å². The van der Waals surface area contributed by atoms with Gasteiger partial charge in [0, 0.05) is 37.2 Å². The van der Waals surface area contributed by atoms with Gasteiger partial charge in [0.1, 0.15) is 5.75 Å². The minimum Gasteiger partial charge on any atom is -0.476 e. The predicted molar refractivity (Wildman–Crippen MR) is 134 cm³/mol. The first-order valence-corrected chi connectivity index (χ1v) is 12.8. The summed E-state index contributed by atoms with van der Waals surface area (Å²) in [6, 6.07) is 4.05. The Bertz CT molecular complexity index is 919. The van der Waals surface area contributed by atoms with Crippen molar-refractivity contribution in [2.45, 2.75) is 104 Å². The largest absolute Gasteiger partial charge is 0.476 e. The Kier molecular flexibility index (Phi) is 8.26. The van der Waals surface area contributed by atoms with Crippen LogP contribution in [0.2, 0.25) is 0 Å². The second-order valence-corrected chi connectivity index (χ2v) is 10.4. The highest BCUT2D eigenvalue weighted by Gasteiger charge is 2.41. The number of carbonyl (C=O) groups is 3. The maximum atomic E-state index is 13.8. The second-order valence-electron chi connectivity index (χ2n) is 10.4. The Morgan fingerprint density at radius 2 is 1.88 bits per heavy atom. The van der Waals surface area contributed by atoms with Gasteiger partial charge in [0.15, 0.2) is 5.60 Å². The average Bonchev–Trinajstić information content (AvgIpc) is 2.76. The smallest absolute Gasteiger partial charge is 0.270 e. The van der Waals surface area contributed by atoms with Gasteiger partial charge in [-0.15, -0.1) is 0 Å². The molecule has 2 aliphatic rings. The highest BCUT2D eigenvalue weighted by atomic mass is 16.5. The summed E-state index contributed by atoms with van der Waals surface area (Å²) in [5.74, 6) is 0.431. The molecule has 1 saturated carbocycles. The number of aryl methyl sites for hydroxylation is 1. The molecular formula is C27H41N3O4. The van der Waals surface area contributed by atoms with E-state index in [1.165, 1.54) is 6.42 Å². The van der Waals surface area contributed by atoms with Gasteiger partial charge < -0.3 is 19.9 Å². The summed E-state index contributed by atoms with van der Waals surface area (Å²) >= 11 is 0. The van der Waals surface area contributed by atoms with Crippen molar-refractivity contribution in [3.05, 3.63) is 23.3 Å². The summed E-state index contributed by atoms with van der Waals surface area (Å²) in [7, 11) is 0. The molecule has 1 aliphatic heterocycles. The first-order chi connectivity index (χ1) is 16.1. The zero-order valence-corrected chi connectivity index (χ0v) is 21.7. The van der Waals surface area contributed by atoms with Gasteiger partial charge in [0.2, 0.25) is 5.91 Å². The van der Waals surface area contributed by atoms with Gasteiger partial charge in [0.05, 0.1) is 5.69 Å². The van der Waals surface area contributed by atoms with Crippen molar-refractivity contribution in [2.75, 3.05) is 18.0 Å². The minimum absolute atomic E-state index is 0.0155. The third-order valence-corrected chi connectivity index (χ3v) is 6.87. The molecule has 0 bridgehead atoms. The molecule has 1 aliphatic carbocycles. The van der Waals surface area contributed by atoms with E-state index in [0.29, 0.717) is 42.9 Å². The maximum absolute atomic E-state index is 13.8. The van der Waals surface area contributed by atoms with Crippen LogP contribution in [0, 0.1) is 6.92 Å². The van der Waals surface area contributed by atoms with Crippen LogP contribution in [0.15, 0.2) is 12.1 Å². The molecule has 0 unspecified atom stereocenters. The summed E-state index contributed by atoms with van der Waals surface area (Å²) in [4.78, 5) is 42.7. The van der Waals surface area contributed by atoms with Crippen molar-refractivity contribution >= 4 is 23.4 Å². The van der Waals surface area contributed by atoms with Gasteiger partial charge >= 0.3 is 0 Å². The zero-order valence-electron chi connectivity index (χ0n) is 21.7. The van der Waals surface area contributed by atoms with Crippen molar-refractivity contribution in [1.82, 2.24) is 10.2 Å². The fourth-order valence-electron chi connectivity index (χ4n) is 5.17. The molecule has 0 saturated heterocycles. The lowest BCUT2D eigenvalue weighted by atomic mass is 9.92. The van der Waals surface area contributed by atoms with Crippen LogP contribution in [0.3, 0.4) is 0 Å². The molecule has 7 heteroatoms. The molecule has 1 N–H and O–H groups in total. The zero-order chi connectivity index (χ0) is 25.0. The number of rotatable bonds is 8.